The molecule has 0 spiro atoms. The van der Waals surface area contributed by atoms with E-state index in [1.807, 2.05) is 12.1 Å². The lowest BCUT2D eigenvalue weighted by Gasteiger charge is -2.26. The van der Waals surface area contributed by atoms with E-state index in [4.69, 9.17) is 4.74 Å². The Hall–Kier alpha value is -1.55. The molecule has 1 aromatic carbocycles. The molecule has 2 N–H and O–H groups in total. The van der Waals surface area contributed by atoms with E-state index in [0.717, 1.165) is 51.1 Å². The minimum Gasteiger partial charge on any atom is -0.493 e. The molecular weight excluding hydrogens is 264 g/mol. The van der Waals surface area contributed by atoms with E-state index < -0.39 is 0 Å². The fourth-order valence-electron chi connectivity index (χ4n) is 2.81. The maximum Gasteiger partial charge on any atom is 0.220 e. The van der Waals surface area contributed by atoms with Gasteiger partial charge in [-0.15, -0.1) is 0 Å². The molecule has 1 aliphatic carbocycles. The van der Waals surface area contributed by atoms with Crippen LogP contribution in [0.25, 0.3) is 0 Å². The van der Waals surface area contributed by atoms with Gasteiger partial charge in [0.15, 0.2) is 0 Å². The van der Waals surface area contributed by atoms with Crippen LogP contribution < -0.4 is 15.4 Å². The summed E-state index contributed by atoms with van der Waals surface area (Å²) in [7, 11) is 0. The highest BCUT2D eigenvalue weighted by atomic mass is 16.5. The lowest BCUT2D eigenvalue weighted by atomic mass is 9.93. The molecule has 1 saturated carbocycles. The van der Waals surface area contributed by atoms with Gasteiger partial charge in [0.1, 0.15) is 5.75 Å². The van der Waals surface area contributed by atoms with Gasteiger partial charge in [0.05, 0.1) is 6.61 Å². The molecule has 3 rings (SSSR count). The first-order chi connectivity index (χ1) is 10.3. The van der Waals surface area contributed by atoms with Gasteiger partial charge < -0.3 is 15.4 Å². The number of hydrogen-bond acceptors (Lipinski definition) is 3. The van der Waals surface area contributed by atoms with Crippen molar-refractivity contribution in [3.8, 4) is 5.75 Å². The third-order valence-corrected chi connectivity index (χ3v) is 4.17. The molecule has 1 aromatic rings. The maximum absolute atomic E-state index is 11.6. The van der Waals surface area contributed by atoms with Crippen LogP contribution in [-0.2, 0) is 4.79 Å². The van der Waals surface area contributed by atoms with E-state index in [1.54, 1.807) is 0 Å². The molecule has 0 saturated heterocycles. The number of carbonyl (C=O) groups is 1. The first-order valence-electron chi connectivity index (χ1n) is 8.05. The Labute approximate surface area is 126 Å². The number of hydrogen-bond donors (Lipinski definition) is 2. The van der Waals surface area contributed by atoms with Gasteiger partial charge in [-0.25, -0.2) is 0 Å². The van der Waals surface area contributed by atoms with Gasteiger partial charge in [-0.2, -0.15) is 0 Å². The molecule has 1 aliphatic heterocycles. The number of para-hydroxylation sites is 1. The van der Waals surface area contributed by atoms with Gasteiger partial charge >= 0.3 is 0 Å². The Morgan fingerprint density at radius 1 is 1.24 bits per heavy atom. The van der Waals surface area contributed by atoms with Crippen LogP contribution >= 0.6 is 0 Å². The lowest BCUT2D eigenvalue weighted by Crippen LogP contribution is -2.29. The van der Waals surface area contributed by atoms with Crippen molar-refractivity contribution in [2.75, 3.05) is 19.7 Å². The molecular formula is C17H24N2O2. The Morgan fingerprint density at radius 3 is 2.95 bits per heavy atom. The molecule has 1 heterocycles. The van der Waals surface area contributed by atoms with Crippen molar-refractivity contribution < 1.29 is 9.53 Å². The zero-order chi connectivity index (χ0) is 14.5. The predicted molar refractivity (Wildman–Crippen MR) is 82.6 cm³/mol. The van der Waals surface area contributed by atoms with Gasteiger partial charge in [0, 0.05) is 24.9 Å². The standard InChI is InChI=1S/C17H24N2O2/c20-17(19-14-7-8-14)6-3-10-18-12-13-9-11-21-16-5-2-1-4-15(13)16/h1-2,4-5,13-14,18H,3,6-12H2,(H,19,20). The van der Waals surface area contributed by atoms with Crippen molar-refractivity contribution in [1.82, 2.24) is 10.6 Å². The van der Waals surface area contributed by atoms with Crippen LogP contribution in [0, 0.1) is 0 Å². The van der Waals surface area contributed by atoms with Crippen molar-refractivity contribution in [3.05, 3.63) is 29.8 Å². The van der Waals surface area contributed by atoms with Crippen LogP contribution in [0.4, 0.5) is 0 Å². The Balaban J connectivity index is 1.35. The number of carbonyl (C=O) groups excluding carboxylic acids is 1. The number of rotatable bonds is 7. The molecule has 21 heavy (non-hydrogen) atoms. The average molecular weight is 288 g/mol. The summed E-state index contributed by atoms with van der Waals surface area (Å²) >= 11 is 0. The highest BCUT2D eigenvalue weighted by Gasteiger charge is 2.23. The number of nitrogens with one attached hydrogen (secondary N) is 2. The summed E-state index contributed by atoms with van der Waals surface area (Å²) in [6, 6.07) is 8.77. The van der Waals surface area contributed by atoms with E-state index in [-0.39, 0.29) is 5.91 Å². The SMILES string of the molecule is O=C(CCCNCC1CCOc2ccccc21)NC1CC1. The molecule has 1 atom stereocenters. The summed E-state index contributed by atoms with van der Waals surface area (Å²) in [6.07, 6.45) is 4.92. The second-order valence-electron chi connectivity index (χ2n) is 6.02. The van der Waals surface area contributed by atoms with Crippen LogP contribution in [0.15, 0.2) is 24.3 Å². The predicted octanol–water partition coefficient (Wildman–Crippen LogP) is 2.20. The fourth-order valence-corrected chi connectivity index (χ4v) is 2.81. The second-order valence-corrected chi connectivity index (χ2v) is 6.02. The Kier molecular flexibility index (Phi) is 4.76. The van der Waals surface area contributed by atoms with Gasteiger partial charge in [0.25, 0.3) is 0 Å². The van der Waals surface area contributed by atoms with Crippen LogP contribution in [0.3, 0.4) is 0 Å². The smallest absolute Gasteiger partial charge is 0.220 e. The third-order valence-electron chi connectivity index (χ3n) is 4.17. The normalized spacial score (nSPS) is 20.5. The molecule has 0 radical (unpaired) electrons. The zero-order valence-corrected chi connectivity index (χ0v) is 12.4. The van der Waals surface area contributed by atoms with Gasteiger partial charge in [-0.3, -0.25) is 4.79 Å². The van der Waals surface area contributed by atoms with Crippen molar-refractivity contribution in [1.29, 1.82) is 0 Å². The van der Waals surface area contributed by atoms with Crippen molar-refractivity contribution in [2.24, 2.45) is 0 Å². The average Bonchev–Trinajstić information content (AvgIpc) is 3.31. The molecule has 4 nitrogen and oxygen atoms in total. The summed E-state index contributed by atoms with van der Waals surface area (Å²) in [6.45, 7) is 2.66. The number of amides is 1. The van der Waals surface area contributed by atoms with Gasteiger partial charge in [-0.1, -0.05) is 18.2 Å². The molecule has 1 unspecified atom stereocenters. The first-order valence-corrected chi connectivity index (χ1v) is 8.05. The maximum atomic E-state index is 11.6. The van der Waals surface area contributed by atoms with Crippen molar-refractivity contribution in [3.63, 3.8) is 0 Å². The summed E-state index contributed by atoms with van der Waals surface area (Å²) < 4.78 is 5.67. The number of fused-ring (bicyclic) bond motifs is 1. The summed E-state index contributed by atoms with van der Waals surface area (Å²) in [5, 5.41) is 6.51. The van der Waals surface area contributed by atoms with E-state index in [9.17, 15) is 4.79 Å². The van der Waals surface area contributed by atoms with Gasteiger partial charge in [-0.05, 0) is 43.9 Å². The molecule has 0 aromatic heterocycles. The molecule has 4 heteroatoms. The number of benzene rings is 1. The Morgan fingerprint density at radius 2 is 2.10 bits per heavy atom. The van der Waals surface area contributed by atoms with E-state index in [1.165, 1.54) is 5.56 Å². The zero-order valence-electron chi connectivity index (χ0n) is 12.4. The van der Waals surface area contributed by atoms with E-state index >= 15 is 0 Å². The highest BCUT2D eigenvalue weighted by Crippen LogP contribution is 2.32. The molecule has 0 bridgehead atoms. The number of ether oxygens (including phenoxy) is 1. The minimum absolute atomic E-state index is 0.204. The van der Waals surface area contributed by atoms with Crippen LogP contribution in [0.1, 0.15) is 43.6 Å². The van der Waals surface area contributed by atoms with Gasteiger partial charge in [0.2, 0.25) is 5.91 Å². The molecule has 114 valence electrons. The fraction of sp³-hybridized carbons (Fsp3) is 0.588. The monoisotopic (exact) mass is 288 g/mol. The van der Waals surface area contributed by atoms with Crippen molar-refractivity contribution >= 4 is 5.91 Å². The first kappa shape index (κ1) is 14.4. The largest absolute Gasteiger partial charge is 0.493 e. The third kappa shape index (κ3) is 4.21. The summed E-state index contributed by atoms with van der Waals surface area (Å²) in [5.41, 5.74) is 1.31. The second kappa shape index (κ2) is 6.94. The summed E-state index contributed by atoms with van der Waals surface area (Å²) in [5.74, 6) is 1.75. The minimum atomic E-state index is 0.204. The molecule has 1 amide bonds. The highest BCUT2D eigenvalue weighted by molar-refractivity contribution is 5.76. The quantitative estimate of drug-likeness (QED) is 0.756. The van der Waals surface area contributed by atoms with Crippen LogP contribution in [0.2, 0.25) is 0 Å². The van der Waals surface area contributed by atoms with Crippen LogP contribution in [-0.4, -0.2) is 31.6 Å². The Bertz CT molecular complexity index is 485. The lowest BCUT2D eigenvalue weighted by molar-refractivity contribution is -0.121. The summed E-state index contributed by atoms with van der Waals surface area (Å²) in [4.78, 5) is 11.6. The van der Waals surface area contributed by atoms with E-state index in [2.05, 4.69) is 22.8 Å². The van der Waals surface area contributed by atoms with Crippen molar-refractivity contribution in [2.45, 2.75) is 44.1 Å². The van der Waals surface area contributed by atoms with Crippen LogP contribution in [0.5, 0.6) is 5.75 Å². The topological polar surface area (TPSA) is 50.4 Å². The van der Waals surface area contributed by atoms with E-state index in [0.29, 0.717) is 18.4 Å². The molecule has 2 aliphatic rings. The molecule has 1 fully saturated rings.